The van der Waals surface area contributed by atoms with Crippen LogP contribution in [0, 0.1) is 0 Å². The molecule has 8 nitrogen and oxygen atoms in total. The van der Waals surface area contributed by atoms with Crippen molar-refractivity contribution >= 4 is 51.3 Å². The Bertz CT molecular complexity index is 1240. The summed E-state index contributed by atoms with van der Waals surface area (Å²) in [6.45, 7) is 3.58. The number of hydrogen-bond acceptors (Lipinski definition) is 9. The molecule has 0 bridgehead atoms. The molecular weight excluding hydrogens is 517 g/mol. The van der Waals surface area contributed by atoms with Gasteiger partial charge >= 0.3 is 5.97 Å². The van der Waals surface area contributed by atoms with Gasteiger partial charge in [-0.15, -0.1) is 32.9 Å². The van der Waals surface area contributed by atoms with Crippen LogP contribution in [-0.2, 0) is 40.1 Å². The maximum atomic E-state index is 13.0. The maximum Gasteiger partial charge on any atom is 0.341 e. The largest absolute Gasteiger partial charge is 0.465 e. The number of ether oxygens (including phenoxy) is 2. The van der Waals surface area contributed by atoms with E-state index in [1.54, 1.807) is 11.3 Å². The van der Waals surface area contributed by atoms with Crippen LogP contribution < -0.4 is 5.32 Å². The summed E-state index contributed by atoms with van der Waals surface area (Å²) in [7, 11) is 1.38. The number of carbonyl (C=O) groups is 2. The molecule has 2 aliphatic rings. The van der Waals surface area contributed by atoms with Crippen molar-refractivity contribution in [2.45, 2.75) is 69.7 Å². The highest BCUT2D eigenvalue weighted by atomic mass is 32.2. The number of carbonyl (C=O) groups excluding carboxylic acids is 2. The molecule has 11 heteroatoms. The predicted octanol–water partition coefficient (Wildman–Crippen LogP) is 5.21. The molecule has 0 aromatic carbocycles. The summed E-state index contributed by atoms with van der Waals surface area (Å²) in [5, 5.41) is 15.3. The molecule has 1 amide bonds. The van der Waals surface area contributed by atoms with Crippen molar-refractivity contribution in [1.29, 1.82) is 0 Å². The lowest BCUT2D eigenvalue weighted by Gasteiger charge is -2.14. The number of thiophene rings is 2. The second-order valence-electron chi connectivity index (χ2n) is 8.95. The Kier molecular flexibility index (Phi) is 8.09. The van der Waals surface area contributed by atoms with Gasteiger partial charge in [0, 0.05) is 27.3 Å². The third-order valence-corrected chi connectivity index (χ3v) is 9.79. The standard InChI is InChI=1S/C25H30N4O4S3/c1-3-17-11-15(13-34-17)22-27-28-25(29(22)12-16-7-6-10-33-16)35-14-20(30)26-23-21(24(31)32-2)18-8-4-5-9-19(18)36-23/h11,13,16H,3-10,12,14H2,1-2H3,(H,26,30). The molecule has 1 aliphatic carbocycles. The van der Waals surface area contributed by atoms with Gasteiger partial charge in [0.05, 0.1) is 31.1 Å². The third kappa shape index (κ3) is 5.39. The molecule has 1 aliphatic heterocycles. The molecule has 5 rings (SSSR count). The molecule has 0 radical (unpaired) electrons. The summed E-state index contributed by atoms with van der Waals surface area (Å²) in [4.78, 5) is 27.9. The Morgan fingerprint density at radius 1 is 1.28 bits per heavy atom. The Labute approximate surface area is 222 Å². The van der Waals surface area contributed by atoms with E-state index in [0.717, 1.165) is 68.5 Å². The van der Waals surface area contributed by atoms with Crippen LogP contribution in [0.5, 0.6) is 0 Å². The maximum absolute atomic E-state index is 13.0. The molecular formula is C25H30N4O4S3. The minimum atomic E-state index is -0.388. The average molecular weight is 547 g/mol. The van der Waals surface area contributed by atoms with Crippen LogP contribution >= 0.6 is 34.4 Å². The van der Waals surface area contributed by atoms with Gasteiger partial charge in [-0.05, 0) is 56.6 Å². The normalized spacial score (nSPS) is 17.2. The van der Waals surface area contributed by atoms with E-state index in [2.05, 4.69) is 38.5 Å². The topological polar surface area (TPSA) is 95.3 Å². The van der Waals surface area contributed by atoms with Crippen LogP contribution in [0.2, 0.25) is 0 Å². The quantitative estimate of drug-likeness (QED) is 0.291. The molecule has 1 unspecified atom stereocenters. The van der Waals surface area contributed by atoms with Gasteiger partial charge in [-0.2, -0.15) is 0 Å². The van der Waals surface area contributed by atoms with E-state index in [4.69, 9.17) is 9.47 Å². The van der Waals surface area contributed by atoms with E-state index < -0.39 is 0 Å². The monoisotopic (exact) mass is 546 g/mol. The highest BCUT2D eigenvalue weighted by Crippen LogP contribution is 2.39. The van der Waals surface area contributed by atoms with E-state index in [0.29, 0.717) is 22.3 Å². The zero-order chi connectivity index (χ0) is 25.1. The molecule has 36 heavy (non-hydrogen) atoms. The fourth-order valence-electron chi connectivity index (χ4n) is 4.71. The first-order valence-electron chi connectivity index (χ1n) is 12.4. The van der Waals surface area contributed by atoms with Gasteiger partial charge in [-0.25, -0.2) is 4.79 Å². The predicted molar refractivity (Wildman–Crippen MR) is 143 cm³/mol. The second kappa shape index (κ2) is 11.5. The fraction of sp³-hybridized carbons (Fsp3) is 0.520. The summed E-state index contributed by atoms with van der Waals surface area (Å²) >= 11 is 4.57. The second-order valence-corrected chi connectivity index (χ2v) is 12.0. The van der Waals surface area contributed by atoms with E-state index in [1.807, 2.05) is 0 Å². The number of rotatable bonds is 9. The first-order chi connectivity index (χ1) is 17.6. The van der Waals surface area contributed by atoms with E-state index >= 15 is 0 Å². The van der Waals surface area contributed by atoms with Crippen molar-refractivity contribution < 1.29 is 19.1 Å². The van der Waals surface area contributed by atoms with Gasteiger partial charge in [-0.3, -0.25) is 9.36 Å². The molecule has 4 heterocycles. The summed E-state index contributed by atoms with van der Waals surface area (Å²) in [5.41, 5.74) is 2.60. The summed E-state index contributed by atoms with van der Waals surface area (Å²) in [6.07, 6.45) is 7.09. The van der Waals surface area contributed by atoms with Crippen molar-refractivity contribution in [2.24, 2.45) is 0 Å². The van der Waals surface area contributed by atoms with Gasteiger partial charge in [0.25, 0.3) is 0 Å². The van der Waals surface area contributed by atoms with Crippen LogP contribution in [0.4, 0.5) is 5.00 Å². The molecule has 0 saturated carbocycles. The number of anilines is 1. The molecule has 0 spiro atoms. The van der Waals surface area contributed by atoms with Crippen molar-refractivity contribution in [2.75, 3.05) is 24.8 Å². The lowest BCUT2D eigenvalue weighted by Crippen LogP contribution is -2.18. The molecule has 1 atom stereocenters. The number of amides is 1. The number of nitrogens with zero attached hydrogens (tertiary/aromatic N) is 3. The summed E-state index contributed by atoms with van der Waals surface area (Å²) < 4.78 is 13.0. The van der Waals surface area contributed by atoms with Gasteiger partial charge < -0.3 is 14.8 Å². The highest BCUT2D eigenvalue weighted by Gasteiger charge is 2.27. The molecule has 1 fully saturated rings. The van der Waals surface area contributed by atoms with Crippen LogP contribution in [0.1, 0.15) is 58.3 Å². The van der Waals surface area contributed by atoms with Crippen LogP contribution in [0.3, 0.4) is 0 Å². The smallest absolute Gasteiger partial charge is 0.341 e. The number of aromatic nitrogens is 3. The Morgan fingerprint density at radius 2 is 2.14 bits per heavy atom. The molecule has 1 N–H and O–H groups in total. The van der Waals surface area contributed by atoms with Crippen LogP contribution in [-0.4, -0.2) is 52.2 Å². The number of thioether (sulfide) groups is 1. The Balaban J connectivity index is 1.33. The van der Waals surface area contributed by atoms with E-state index in [1.165, 1.54) is 40.0 Å². The molecule has 3 aromatic heterocycles. The van der Waals surface area contributed by atoms with Crippen molar-refractivity contribution in [1.82, 2.24) is 14.8 Å². The van der Waals surface area contributed by atoms with Gasteiger partial charge in [0.2, 0.25) is 5.91 Å². The van der Waals surface area contributed by atoms with E-state index in [9.17, 15) is 9.59 Å². The fourth-order valence-corrected chi connectivity index (χ4v) is 7.57. The lowest BCUT2D eigenvalue weighted by atomic mass is 9.95. The zero-order valence-electron chi connectivity index (χ0n) is 20.5. The van der Waals surface area contributed by atoms with Crippen molar-refractivity contribution in [3.63, 3.8) is 0 Å². The number of methoxy groups -OCH3 is 1. The van der Waals surface area contributed by atoms with Gasteiger partial charge in [-0.1, -0.05) is 18.7 Å². The molecule has 3 aromatic rings. The number of esters is 1. The number of hydrogen-bond donors (Lipinski definition) is 1. The first kappa shape index (κ1) is 25.4. The van der Waals surface area contributed by atoms with Gasteiger partial charge in [0.1, 0.15) is 5.00 Å². The van der Waals surface area contributed by atoms with Crippen molar-refractivity contribution in [3.05, 3.63) is 32.3 Å². The molecule has 1 saturated heterocycles. The Morgan fingerprint density at radius 3 is 2.89 bits per heavy atom. The average Bonchev–Trinajstić information content (AvgIpc) is 3.68. The summed E-state index contributed by atoms with van der Waals surface area (Å²) in [6, 6.07) is 2.16. The Hall–Kier alpha value is -2.21. The SMILES string of the molecule is CCc1cc(-c2nnc(SCC(=O)Nc3sc4c(c3C(=O)OC)CCCC4)n2CC2CCCO2)cs1. The number of aryl methyl sites for hydroxylation is 2. The van der Waals surface area contributed by atoms with Crippen LogP contribution in [0.15, 0.2) is 16.6 Å². The van der Waals surface area contributed by atoms with E-state index in [-0.39, 0.29) is 23.7 Å². The number of fused-ring (bicyclic) bond motifs is 1. The van der Waals surface area contributed by atoms with Gasteiger partial charge in [0.15, 0.2) is 11.0 Å². The number of nitrogens with one attached hydrogen (secondary N) is 1. The first-order valence-corrected chi connectivity index (χ1v) is 15.0. The van der Waals surface area contributed by atoms with Crippen LogP contribution in [0.25, 0.3) is 11.4 Å². The lowest BCUT2D eigenvalue weighted by molar-refractivity contribution is -0.113. The molecule has 192 valence electrons. The highest BCUT2D eigenvalue weighted by molar-refractivity contribution is 7.99. The minimum Gasteiger partial charge on any atom is -0.465 e. The van der Waals surface area contributed by atoms with Crippen molar-refractivity contribution in [3.8, 4) is 11.4 Å². The zero-order valence-corrected chi connectivity index (χ0v) is 23.0. The third-order valence-electron chi connectivity index (χ3n) is 6.53. The minimum absolute atomic E-state index is 0.122. The summed E-state index contributed by atoms with van der Waals surface area (Å²) in [5.74, 6) is 0.404.